The van der Waals surface area contributed by atoms with Crippen LogP contribution in [0.1, 0.15) is 5.56 Å². The predicted octanol–water partition coefficient (Wildman–Crippen LogP) is 2.39. The average molecular weight is 188 g/mol. The number of H-pyrrole nitrogens is 1. The van der Waals surface area contributed by atoms with Crippen LogP contribution in [0.15, 0.2) is 30.7 Å². The Morgan fingerprint density at radius 3 is 2.86 bits per heavy atom. The number of nitrogens with one attached hydrogen (secondary N) is 1. The number of aromatic amines is 1. The molecule has 0 aliphatic heterocycles. The van der Waals surface area contributed by atoms with Gasteiger partial charge in [0.05, 0.1) is 25.3 Å². The van der Waals surface area contributed by atoms with E-state index >= 15 is 0 Å². The fourth-order valence-electron chi connectivity index (χ4n) is 1.53. The Labute approximate surface area is 82.8 Å². The normalized spacial score (nSPS) is 10.1. The number of ether oxygens (including phenoxy) is 1. The molecule has 0 fully saturated rings. The second-order valence-electron chi connectivity index (χ2n) is 3.10. The van der Waals surface area contributed by atoms with Crippen LogP contribution in [0.3, 0.4) is 0 Å². The standard InChI is InChI=1S/C11H12N2O/c1-8-9(10-6-12-7-13-10)4-3-5-11(8)14-2/h3-7H,1-2H3,(H,12,13). The van der Waals surface area contributed by atoms with Crippen LogP contribution in [0.25, 0.3) is 11.3 Å². The third kappa shape index (κ3) is 1.37. The van der Waals surface area contributed by atoms with Crippen molar-refractivity contribution in [1.29, 1.82) is 0 Å². The number of methoxy groups -OCH3 is 1. The van der Waals surface area contributed by atoms with Crippen LogP contribution >= 0.6 is 0 Å². The minimum Gasteiger partial charge on any atom is -0.496 e. The summed E-state index contributed by atoms with van der Waals surface area (Å²) in [6.07, 6.45) is 3.48. The lowest BCUT2D eigenvalue weighted by atomic mass is 10.1. The van der Waals surface area contributed by atoms with Gasteiger partial charge in [-0.25, -0.2) is 4.98 Å². The molecule has 0 radical (unpaired) electrons. The second-order valence-corrected chi connectivity index (χ2v) is 3.10. The van der Waals surface area contributed by atoms with Crippen molar-refractivity contribution in [2.45, 2.75) is 6.92 Å². The van der Waals surface area contributed by atoms with Crippen molar-refractivity contribution in [2.24, 2.45) is 0 Å². The molecule has 2 rings (SSSR count). The van der Waals surface area contributed by atoms with Crippen LogP contribution in [0.5, 0.6) is 5.75 Å². The third-order valence-corrected chi connectivity index (χ3v) is 2.29. The fourth-order valence-corrected chi connectivity index (χ4v) is 1.53. The highest BCUT2D eigenvalue weighted by Crippen LogP contribution is 2.27. The van der Waals surface area contributed by atoms with Gasteiger partial charge in [0.15, 0.2) is 0 Å². The van der Waals surface area contributed by atoms with Gasteiger partial charge in [-0.1, -0.05) is 12.1 Å². The maximum Gasteiger partial charge on any atom is 0.122 e. The van der Waals surface area contributed by atoms with Gasteiger partial charge in [0.1, 0.15) is 5.75 Å². The van der Waals surface area contributed by atoms with E-state index in [-0.39, 0.29) is 0 Å². The summed E-state index contributed by atoms with van der Waals surface area (Å²) in [5, 5.41) is 0. The van der Waals surface area contributed by atoms with E-state index in [4.69, 9.17) is 4.74 Å². The summed E-state index contributed by atoms with van der Waals surface area (Å²) in [6, 6.07) is 5.97. The van der Waals surface area contributed by atoms with E-state index in [0.717, 1.165) is 22.6 Å². The predicted molar refractivity (Wildman–Crippen MR) is 55.3 cm³/mol. The molecule has 72 valence electrons. The monoisotopic (exact) mass is 188 g/mol. The van der Waals surface area contributed by atoms with E-state index in [0.29, 0.717) is 0 Å². The highest BCUT2D eigenvalue weighted by molar-refractivity contribution is 5.65. The van der Waals surface area contributed by atoms with Crippen molar-refractivity contribution in [3.8, 4) is 17.0 Å². The lowest BCUT2D eigenvalue weighted by Gasteiger charge is -2.08. The molecule has 0 atom stereocenters. The Hall–Kier alpha value is -1.77. The van der Waals surface area contributed by atoms with Gasteiger partial charge in [0.2, 0.25) is 0 Å². The summed E-state index contributed by atoms with van der Waals surface area (Å²) in [7, 11) is 1.68. The quantitative estimate of drug-likeness (QED) is 0.785. The van der Waals surface area contributed by atoms with E-state index in [9.17, 15) is 0 Å². The number of nitrogens with zero attached hydrogens (tertiary/aromatic N) is 1. The number of imidazole rings is 1. The molecule has 3 heteroatoms. The molecular formula is C11H12N2O. The molecule has 0 saturated carbocycles. The van der Waals surface area contributed by atoms with Crippen LogP contribution < -0.4 is 4.74 Å². The molecule has 2 aromatic rings. The number of rotatable bonds is 2. The van der Waals surface area contributed by atoms with Crippen LogP contribution in [-0.4, -0.2) is 17.1 Å². The summed E-state index contributed by atoms with van der Waals surface area (Å²) in [6.45, 7) is 2.04. The van der Waals surface area contributed by atoms with Crippen molar-refractivity contribution in [3.05, 3.63) is 36.3 Å². The molecule has 1 aromatic carbocycles. The molecule has 0 amide bonds. The van der Waals surface area contributed by atoms with Crippen LogP contribution in [-0.2, 0) is 0 Å². The minimum atomic E-state index is 0.900. The van der Waals surface area contributed by atoms with E-state index in [2.05, 4.69) is 9.97 Å². The molecule has 14 heavy (non-hydrogen) atoms. The van der Waals surface area contributed by atoms with Gasteiger partial charge in [0, 0.05) is 11.1 Å². The molecule has 0 aliphatic carbocycles. The van der Waals surface area contributed by atoms with Crippen LogP contribution in [0.4, 0.5) is 0 Å². The number of benzene rings is 1. The first-order valence-electron chi connectivity index (χ1n) is 4.45. The average Bonchev–Trinajstić information content (AvgIpc) is 2.71. The van der Waals surface area contributed by atoms with Gasteiger partial charge in [-0.3, -0.25) is 0 Å². The van der Waals surface area contributed by atoms with Crippen molar-refractivity contribution >= 4 is 0 Å². The molecule has 0 bridgehead atoms. The van der Waals surface area contributed by atoms with Crippen molar-refractivity contribution in [3.63, 3.8) is 0 Å². The van der Waals surface area contributed by atoms with Crippen LogP contribution in [0.2, 0.25) is 0 Å². The second kappa shape index (κ2) is 3.54. The zero-order valence-corrected chi connectivity index (χ0v) is 8.24. The summed E-state index contributed by atoms with van der Waals surface area (Å²) in [5.74, 6) is 0.900. The number of hydrogen-bond donors (Lipinski definition) is 1. The number of hydrogen-bond acceptors (Lipinski definition) is 2. The highest BCUT2D eigenvalue weighted by Gasteiger charge is 2.06. The van der Waals surface area contributed by atoms with E-state index in [1.54, 1.807) is 13.4 Å². The van der Waals surface area contributed by atoms with Gasteiger partial charge in [-0.05, 0) is 13.0 Å². The Balaban J connectivity index is 2.54. The Kier molecular flexibility index (Phi) is 2.23. The summed E-state index contributed by atoms with van der Waals surface area (Å²) in [5.41, 5.74) is 3.27. The zero-order chi connectivity index (χ0) is 9.97. The molecule has 0 aliphatic rings. The fraction of sp³-hybridized carbons (Fsp3) is 0.182. The Morgan fingerprint density at radius 1 is 1.36 bits per heavy atom. The minimum absolute atomic E-state index is 0.900. The first-order chi connectivity index (χ1) is 6.83. The van der Waals surface area contributed by atoms with Gasteiger partial charge in [0.25, 0.3) is 0 Å². The molecule has 0 spiro atoms. The summed E-state index contributed by atoms with van der Waals surface area (Å²) in [4.78, 5) is 7.08. The topological polar surface area (TPSA) is 37.9 Å². The third-order valence-electron chi connectivity index (χ3n) is 2.29. The largest absolute Gasteiger partial charge is 0.496 e. The van der Waals surface area contributed by atoms with Gasteiger partial charge < -0.3 is 9.72 Å². The van der Waals surface area contributed by atoms with Gasteiger partial charge in [-0.15, -0.1) is 0 Å². The van der Waals surface area contributed by atoms with E-state index < -0.39 is 0 Å². The molecule has 1 aromatic heterocycles. The van der Waals surface area contributed by atoms with Gasteiger partial charge >= 0.3 is 0 Å². The molecular weight excluding hydrogens is 176 g/mol. The molecule has 0 unspecified atom stereocenters. The van der Waals surface area contributed by atoms with Crippen molar-refractivity contribution < 1.29 is 4.74 Å². The Bertz CT molecular complexity index is 421. The van der Waals surface area contributed by atoms with Crippen LogP contribution in [0, 0.1) is 6.92 Å². The highest BCUT2D eigenvalue weighted by atomic mass is 16.5. The maximum atomic E-state index is 5.25. The smallest absolute Gasteiger partial charge is 0.122 e. The maximum absolute atomic E-state index is 5.25. The summed E-state index contributed by atoms with van der Waals surface area (Å²) >= 11 is 0. The SMILES string of the molecule is COc1cccc(-c2cnc[nH]2)c1C. The van der Waals surface area contributed by atoms with Gasteiger partial charge in [-0.2, -0.15) is 0 Å². The number of aromatic nitrogens is 2. The van der Waals surface area contributed by atoms with E-state index in [1.807, 2.05) is 31.3 Å². The Morgan fingerprint density at radius 2 is 2.21 bits per heavy atom. The first-order valence-corrected chi connectivity index (χ1v) is 4.45. The molecule has 1 heterocycles. The molecule has 3 nitrogen and oxygen atoms in total. The summed E-state index contributed by atoms with van der Waals surface area (Å²) < 4.78 is 5.25. The molecule has 0 saturated heterocycles. The van der Waals surface area contributed by atoms with E-state index in [1.165, 1.54) is 0 Å². The lowest BCUT2D eigenvalue weighted by Crippen LogP contribution is -1.89. The van der Waals surface area contributed by atoms with Crippen molar-refractivity contribution in [1.82, 2.24) is 9.97 Å². The lowest BCUT2D eigenvalue weighted by molar-refractivity contribution is 0.412. The first kappa shape index (κ1) is 8.81. The molecule has 1 N–H and O–H groups in total. The zero-order valence-electron chi connectivity index (χ0n) is 8.24. The van der Waals surface area contributed by atoms with Crippen molar-refractivity contribution in [2.75, 3.05) is 7.11 Å².